The summed E-state index contributed by atoms with van der Waals surface area (Å²) in [5.74, 6) is 2.45. The number of hydrogen-bond donors (Lipinski definition) is 0. The molecule has 3 fully saturated rings. The van der Waals surface area contributed by atoms with Gasteiger partial charge in [-0.3, -0.25) is 4.79 Å². The highest BCUT2D eigenvalue weighted by Gasteiger charge is 2.56. The Morgan fingerprint density at radius 3 is 2.47 bits per heavy atom. The van der Waals surface area contributed by atoms with Gasteiger partial charge in [0.1, 0.15) is 5.75 Å². The first-order valence-corrected chi connectivity index (χ1v) is 12.8. The normalized spacial score (nSPS) is 26.7. The first-order chi connectivity index (χ1) is 14.8. The van der Waals surface area contributed by atoms with Crippen molar-refractivity contribution in [2.45, 2.75) is 68.7 Å². The lowest BCUT2D eigenvalue weighted by Crippen LogP contribution is -2.49. The highest BCUT2D eigenvalue weighted by molar-refractivity contribution is 8.02. The number of likely N-dealkylation sites (tertiary alicyclic amines) is 1. The summed E-state index contributed by atoms with van der Waals surface area (Å²) in [4.78, 5) is 17.4. The maximum absolute atomic E-state index is 12.6. The Morgan fingerprint density at radius 1 is 1.03 bits per heavy atom. The van der Waals surface area contributed by atoms with E-state index < -0.39 is 0 Å². The van der Waals surface area contributed by atoms with Crippen molar-refractivity contribution in [3.63, 3.8) is 0 Å². The topological polar surface area (TPSA) is 32.8 Å². The highest BCUT2D eigenvalue weighted by atomic mass is 32.2. The Kier molecular flexibility index (Phi) is 5.99. The van der Waals surface area contributed by atoms with Gasteiger partial charge >= 0.3 is 0 Å². The van der Waals surface area contributed by atoms with E-state index in [2.05, 4.69) is 16.5 Å². The molecule has 1 saturated heterocycles. The maximum Gasteiger partial charge on any atom is 0.260 e. The number of piperidine rings is 1. The van der Waals surface area contributed by atoms with Gasteiger partial charge in [-0.15, -0.1) is 11.8 Å². The summed E-state index contributed by atoms with van der Waals surface area (Å²) >= 11 is 2.02. The van der Waals surface area contributed by atoms with Gasteiger partial charge in [-0.1, -0.05) is 37.5 Å². The van der Waals surface area contributed by atoms with Gasteiger partial charge in [-0.2, -0.15) is 0 Å². The third kappa shape index (κ3) is 4.10. The minimum absolute atomic E-state index is 0.118. The molecule has 2 aliphatic heterocycles. The van der Waals surface area contributed by atoms with E-state index in [-0.39, 0.29) is 12.5 Å². The Morgan fingerprint density at radius 2 is 1.77 bits per heavy atom. The van der Waals surface area contributed by atoms with Crippen molar-refractivity contribution in [1.29, 1.82) is 0 Å². The van der Waals surface area contributed by atoms with Crippen LogP contribution in [0.2, 0.25) is 0 Å². The molecule has 2 aliphatic carbocycles. The molecule has 30 heavy (non-hydrogen) atoms. The third-order valence-electron chi connectivity index (χ3n) is 7.76. The van der Waals surface area contributed by atoms with Crippen LogP contribution in [0.1, 0.15) is 57.8 Å². The lowest BCUT2D eigenvalue weighted by atomic mass is 9.81. The van der Waals surface area contributed by atoms with Gasteiger partial charge < -0.3 is 14.5 Å². The number of carbonyl (C=O) groups is 1. The minimum Gasteiger partial charge on any atom is -0.484 e. The molecule has 1 unspecified atom stereocenters. The van der Waals surface area contributed by atoms with Crippen molar-refractivity contribution < 1.29 is 9.53 Å². The zero-order valence-corrected chi connectivity index (χ0v) is 18.7. The Hall–Kier alpha value is -1.62. The van der Waals surface area contributed by atoms with Crippen LogP contribution >= 0.6 is 11.8 Å². The van der Waals surface area contributed by atoms with E-state index in [1.54, 1.807) is 0 Å². The van der Waals surface area contributed by atoms with Gasteiger partial charge in [0.15, 0.2) is 6.61 Å². The number of amides is 1. The first-order valence-electron chi connectivity index (χ1n) is 11.8. The second-order valence-electron chi connectivity index (χ2n) is 9.48. The molecule has 5 heteroatoms. The Labute approximate surface area is 185 Å². The summed E-state index contributed by atoms with van der Waals surface area (Å²) in [7, 11) is 0. The van der Waals surface area contributed by atoms with Crippen LogP contribution in [-0.4, -0.2) is 46.3 Å². The summed E-state index contributed by atoms with van der Waals surface area (Å²) in [5.41, 5.74) is 0.460. The van der Waals surface area contributed by atoms with Gasteiger partial charge in [-0.25, -0.2) is 0 Å². The SMILES string of the molecule is O=C(COc1ccccc1)N1CCC(C2SC=CN2C2(C3CCCCC3)CC2)CC1. The quantitative estimate of drug-likeness (QED) is 0.621. The number of hydrogen-bond acceptors (Lipinski definition) is 4. The Bertz CT molecular complexity index is 750. The lowest BCUT2D eigenvalue weighted by Gasteiger charge is -2.45. The fourth-order valence-electron chi connectivity index (χ4n) is 5.90. The fourth-order valence-corrected chi connectivity index (χ4v) is 7.17. The van der Waals surface area contributed by atoms with Crippen LogP contribution in [0.25, 0.3) is 0 Å². The number of thioether (sulfide) groups is 1. The van der Waals surface area contributed by atoms with Crippen LogP contribution in [0.3, 0.4) is 0 Å². The molecule has 0 bridgehead atoms. The van der Waals surface area contributed by atoms with E-state index >= 15 is 0 Å². The molecule has 162 valence electrons. The van der Waals surface area contributed by atoms with Crippen LogP contribution in [0.15, 0.2) is 41.9 Å². The molecule has 0 radical (unpaired) electrons. The summed E-state index contributed by atoms with van der Waals surface area (Å²) in [6, 6.07) is 9.63. The molecule has 0 N–H and O–H groups in total. The number of rotatable bonds is 6. The second kappa shape index (κ2) is 8.86. The van der Waals surface area contributed by atoms with Crippen LogP contribution in [-0.2, 0) is 4.79 Å². The Balaban J connectivity index is 1.14. The van der Waals surface area contributed by atoms with Crippen LogP contribution in [0.4, 0.5) is 0 Å². The number of nitrogens with zero attached hydrogens (tertiary/aromatic N) is 2. The van der Waals surface area contributed by atoms with Crippen molar-refractivity contribution in [2.75, 3.05) is 19.7 Å². The average Bonchev–Trinajstić information content (AvgIpc) is 3.48. The second-order valence-corrected chi connectivity index (χ2v) is 10.5. The summed E-state index contributed by atoms with van der Waals surface area (Å²) < 4.78 is 5.67. The summed E-state index contributed by atoms with van der Waals surface area (Å²) in [5, 5.41) is 2.91. The van der Waals surface area contributed by atoms with Crippen LogP contribution in [0, 0.1) is 11.8 Å². The van der Waals surface area contributed by atoms with E-state index in [0.717, 1.165) is 37.6 Å². The zero-order chi connectivity index (χ0) is 20.4. The summed E-state index contributed by atoms with van der Waals surface area (Å²) in [6.07, 6.45) is 14.5. The molecule has 4 nitrogen and oxygen atoms in total. The molecule has 0 aromatic heterocycles. The number of carbonyl (C=O) groups excluding carboxylic acids is 1. The molecule has 2 saturated carbocycles. The first kappa shape index (κ1) is 20.3. The highest BCUT2D eigenvalue weighted by Crippen LogP contribution is 2.57. The van der Waals surface area contributed by atoms with E-state index in [1.165, 1.54) is 44.9 Å². The molecular weight excluding hydrogens is 392 g/mol. The maximum atomic E-state index is 12.6. The lowest BCUT2D eigenvalue weighted by molar-refractivity contribution is -0.134. The molecule has 1 aromatic carbocycles. The number of para-hydroxylation sites is 1. The molecule has 5 rings (SSSR count). The van der Waals surface area contributed by atoms with Crippen molar-refractivity contribution in [1.82, 2.24) is 9.80 Å². The standard InChI is InChI=1S/C25H34N2O2S/c28-23(19-29-22-9-5-2-6-10-22)26-15-11-20(12-16-26)24-27(17-18-30-24)25(13-14-25)21-7-3-1-4-8-21/h2,5-6,9-10,17-18,20-21,24H,1,3-4,7-8,11-16,19H2. The predicted molar refractivity (Wildman–Crippen MR) is 122 cm³/mol. The smallest absolute Gasteiger partial charge is 0.260 e. The molecule has 2 heterocycles. The van der Waals surface area contributed by atoms with E-state index in [1.807, 2.05) is 47.0 Å². The van der Waals surface area contributed by atoms with Gasteiger partial charge in [-0.05, 0) is 67.9 Å². The van der Waals surface area contributed by atoms with Crippen LogP contribution < -0.4 is 4.74 Å². The largest absolute Gasteiger partial charge is 0.484 e. The zero-order valence-electron chi connectivity index (χ0n) is 17.9. The van der Waals surface area contributed by atoms with Crippen molar-refractivity contribution in [2.24, 2.45) is 11.8 Å². The monoisotopic (exact) mass is 426 g/mol. The molecule has 4 aliphatic rings. The molecule has 1 atom stereocenters. The third-order valence-corrected chi connectivity index (χ3v) is 8.93. The van der Waals surface area contributed by atoms with Gasteiger partial charge in [0, 0.05) is 24.8 Å². The molecule has 1 aromatic rings. The van der Waals surface area contributed by atoms with Gasteiger partial charge in [0.2, 0.25) is 0 Å². The molecule has 0 spiro atoms. The van der Waals surface area contributed by atoms with E-state index in [0.29, 0.717) is 16.8 Å². The van der Waals surface area contributed by atoms with Crippen molar-refractivity contribution >= 4 is 17.7 Å². The fraction of sp³-hybridized carbons (Fsp3) is 0.640. The molecule has 1 amide bonds. The van der Waals surface area contributed by atoms with Crippen molar-refractivity contribution in [3.05, 3.63) is 41.9 Å². The molecular formula is C25H34N2O2S. The number of benzene rings is 1. The number of ether oxygens (including phenoxy) is 1. The van der Waals surface area contributed by atoms with Crippen molar-refractivity contribution in [3.8, 4) is 5.75 Å². The predicted octanol–water partition coefficient (Wildman–Crippen LogP) is 5.26. The van der Waals surface area contributed by atoms with Gasteiger partial charge in [0.05, 0.1) is 5.37 Å². The van der Waals surface area contributed by atoms with Gasteiger partial charge in [0.25, 0.3) is 5.91 Å². The van der Waals surface area contributed by atoms with E-state index in [9.17, 15) is 4.79 Å². The summed E-state index contributed by atoms with van der Waals surface area (Å²) in [6.45, 7) is 1.87. The van der Waals surface area contributed by atoms with Crippen LogP contribution in [0.5, 0.6) is 5.75 Å². The van der Waals surface area contributed by atoms with E-state index in [4.69, 9.17) is 4.74 Å². The average molecular weight is 427 g/mol. The minimum atomic E-state index is 0.118.